The van der Waals surface area contributed by atoms with Gasteiger partial charge in [-0.05, 0) is 37.9 Å². The van der Waals surface area contributed by atoms with Crippen LogP contribution >= 0.6 is 11.6 Å². The summed E-state index contributed by atoms with van der Waals surface area (Å²) >= 11 is 6.04. The van der Waals surface area contributed by atoms with Gasteiger partial charge < -0.3 is 9.84 Å². The molecule has 1 fully saturated rings. The second kappa shape index (κ2) is 7.14. The molecule has 0 saturated carbocycles. The van der Waals surface area contributed by atoms with Crippen molar-refractivity contribution in [1.29, 1.82) is 0 Å². The van der Waals surface area contributed by atoms with Crippen LogP contribution in [-0.4, -0.2) is 42.2 Å². The van der Waals surface area contributed by atoms with E-state index >= 15 is 0 Å². The molecule has 0 amide bonds. The number of carbonyl (C=O) groups is 1. The SMILES string of the molecule is CCC1(C(=O)O)CCCN(CCOc2ccccc2Cl)C1. The predicted molar refractivity (Wildman–Crippen MR) is 83.0 cm³/mol. The maximum absolute atomic E-state index is 11.5. The smallest absolute Gasteiger partial charge is 0.310 e. The third kappa shape index (κ3) is 3.89. The molecule has 116 valence electrons. The van der Waals surface area contributed by atoms with Crippen LogP contribution in [0.4, 0.5) is 0 Å². The molecule has 1 aromatic carbocycles. The average Bonchev–Trinajstić information content (AvgIpc) is 2.49. The molecule has 1 atom stereocenters. The number of ether oxygens (including phenoxy) is 1. The van der Waals surface area contributed by atoms with Crippen LogP contribution in [-0.2, 0) is 4.79 Å². The van der Waals surface area contributed by atoms with Crippen molar-refractivity contribution in [3.63, 3.8) is 0 Å². The molecule has 0 spiro atoms. The Hall–Kier alpha value is -1.26. The van der Waals surface area contributed by atoms with Gasteiger partial charge in [-0.2, -0.15) is 0 Å². The Morgan fingerprint density at radius 3 is 2.90 bits per heavy atom. The van der Waals surface area contributed by atoms with Gasteiger partial charge in [0.2, 0.25) is 0 Å². The fourth-order valence-electron chi connectivity index (χ4n) is 2.88. The minimum Gasteiger partial charge on any atom is -0.491 e. The normalized spacial score (nSPS) is 23.0. The Bertz CT molecular complexity index is 494. The van der Waals surface area contributed by atoms with Crippen LogP contribution < -0.4 is 4.74 Å². The molecule has 1 saturated heterocycles. The number of carboxylic acids is 1. The Kier molecular flexibility index (Phi) is 5.48. The lowest BCUT2D eigenvalue weighted by molar-refractivity contribution is -0.153. The van der Waals surface area contributed by atoms with Crippen molar-refractivity contribution >= 4 is 17.6 Å². The highest BCUT2D eigenvalue weighted by atomic mass is 35.5. The van der Waals surface area contributed by atoms with E-state index in [1.807, 2.05) is 25.1 Å². The van der Waals surface area contributed by atoms with Gasteiger partial charge in [-0.3, -0.25) is 9.69 Å². The fraction of sp³-hybridized carbons (Fsp3) is 0.562. The number of nitrogens with zero attached hydrogens (tertiary/aromatic N) is 1. The van der Waals surface area contributed by atoms with Gasteiger partial charge in [-0.15, -0.1) is 0 Å². The van der Waals surface area contributed by atoms with Crippen LogP contribution in [0.1, 0.15) is 26.2 Å². The van der Waals surface area contributed by atoms with E-state index in [0.29, 0.717) is 30.3 Å². The summed E-state index contributed by atoms with van der Waals surface area (Å²) in [6.07, 6.45) is 2.36. The predicted octanol–water partition coefficient (Wildman–Crippen LogP) is 3.30. The number of hydrogen-bond donors (Lipinski definition) is 1. The van der Waals surface area contributed by atoms with Gasteiger partial charge in [0.15, 0.2) is 0 Å². The Labute approximate surface area is 130 Å². The maximum Gasteiger partial charge on any atom is 0.310 e. The van der Waals surface area contributed by atoms with Gasteiger partial charge in [0.05, 0.1) is 10.4 Å². The number of hydrogen-bond acceptors (Lipinski definition) is 3. The van der Waals surface area contributed by atoms with E-state index in [9.17, 15) is 9.90 Å². The summed E-state index contributed by atoms with van der Waals surface area (Å²) in [6.45, 7) is 4.73. The number of para-hydroxylation sites is 1. The van der Waals surface area contributed by atoms with Crippen molar-refractivity contribution in [2.45, 2.75) is 26.2 Å². The van der Waals surface area contributed by atoms with Gasteiger partial charge in [-0.25, -0.2) is 0 Å². The molecule has 1 aliphatic rings. The van der Waals surface area contributed by atoms with Crippen molar-refractivity contribution in [2.24, 2.45) is 5.41 Å². The van der Waals surface area contributed by atoms with E-state index in [-0.39, 0.29) is 0 Å². The monoisotopic (exact) mass is 311 g/mol. The highest BCUT2D eigenvalue weighted by Crippen LogP contribution is 2.33. The van der Waals surface area contributed by atoms with E-state index in [4.69, 9.17) is 16.3 Å². The molecule has 1 heterocycles. The summed E-state index contributed by atoms with van der Waals surface area (Å²) in [5.74, 6) is -0.00196. The Balaban J connectivity index is 1.86. The molecule has 1 aromatic rings. The zero-order chi connectivity index (χ0) is 15.3. The molecule has 1 unspecified atom stereocenters. The number of aliphatic carboxylic acids is 1. The lowest BCUT2D eigenvalue weighted by Gasteiger charge is -2.39. The Morgan fingerprint density at radius 1 is 1.48 bits per heavy atom. The summed E-state index contributed by atoms with van der Waals surface area (Å²) in [4.78, 5) is 13.7. The number of piperidine rings is 1. The average molecular weight is 312 g/mol. The van der Waals surface area contributed by atoms with Crippen LogP contribution in [0.25, 0.3) is 0 Å². The molecular formula is C16H22ClNO3. The minimum absolute atomic E-state index is 0.517. The number of likely N-dealkylation sites (tertiary alicyclic amines) is 1. The van der Waals surface area contributed by atoms with Gasteiger partial charge >= 0.3 is 5.97 Å². The summed E-state index contributed by atoms with van der Waals surface area (Å²) in [5.41, 5.74) is -0.595. The number of halogens is 1. The summed E-state index contributed by atoms with van der Waals surface area (Å²) in [6, 6.07) is 7.38. The second-order valence-corrected chi connectivity index (χ2v) is 6.00. The van der Waals surface area contributed by atoms with Crippen LogP contribution in [0.3, 0.4) is 0 Å². The van der Waals surface area contributed by atoms with E-state index in [1.165, 1.54) is 0 Å². The minimum atomic E-state index is -0.679. The molecule has 21 heavy (non-hydrogen) atoms. The van der Waals surface area contributed by atoms with Gasteiger partial charge in [0, 0.05) is 13.1 Å². The van der Waals surface area contributed by atoms with Crippen molar-refractivity contribution < 1.29 is 14.6 Å². The molecule has 1 aliphatic heterocycles. The summed E-state index contributed by atoms with van der Waals surface area (Å²) in [7, 11) is 0. The van der Waals surface area contributed by atoms with Crippen molar-refractivity contribution in [3.05, 3.63) is 29.3 Å². The molecule has 5 heteroatoms. The lowest BCUT2D eigenvalue weighted by atomic mass is 9.78. The molecule has 0 aliphatic carbocycles. The fourth-order valence-corrected chi connectivity index (χ4v) is 3.07. The van der Waals surface area contributed by atoms with E-state index < -0.39 is 11.4 Å². The molecule has 4 nitrogen and oxygen atoms in total. The van der Waals surface area contributed by atoms with E-state index in [2.05, 4.69) is 4.90 Å². The van der Waals surface area contributed by atoms with Crippen molar-refractivity contribution in [3.8, 4) is 5.75 Å². The van der Waals surface area contributed by atoms with E-state index in [0.717, 1.165) is 25.9 Å². The van der Waals surface area contributed by atoms with Crippen LogP contribution in [0.5, 0.6) is 5.75 Å². The van der Waals surface area contributed by atoms with Crippen LogP contribution in [0.15, 0.2) is 24.3 Å². The first-order valence-electron chi connectivity index (χ1n) is 7.40. The zero-order valence-electron chi connectivity index (χ0n) is 12.3. The molecule has 0 radical (unpaired) electrons. The van der Waals surface area contributed by atoms with Crippen LogP contribution in [0.2, 0.25) is 5.02 Å². The zero-order valence-corrected chi connectivity index (χ0v) is 13.1. The van der Waals surface area contributed by atoms with E-state index in [1.54, 1.807) is 6.07 Å². The number of rotatable bonds is 6. The molecule has 0 bridgehead atoms. The van der Waals surface area contributed by atoms with Crippen LogP contribution in [0, 0.1) is 5.41 Å². The summed E-state index contributed by atoms with van der Waals surface area (Å²) in [5, 5.41) is 10.1. The topological polar surface area (TPSA) is 49.8 Å². The summed E-state index contributed by atoms with van der Waals surface area (Å²) < 4.78 is 5.68. The Morgan fingerprint density at radius 2 is 2.24 bits per heavy atom. The van der Waals surface area contributed by atoms with Crippen molar-refractivity contribution in [2.75, 3.05) is 26.2 Å². The molecule has 1 N–H and O–H groups in total. The van der Waals surface area contributed by atoms with Gasteiger partial charge in [0.1, 0.15) is 12.4 Å². The lowest BCUT2D eigenvalue weighted by Crippen LogP contribution is -2.48. The first kappa shape index (κ1) is 16.1. The molecular weight excluding hydrogens is 290 g/mol. The third-order valence-electron chi connectivity index (χ3n) is 4.29. The number of benzene rings is 1. The first-order chi connectivity index (χ1) is 10.1. The highest BCUT2D eigenvalue weighted by Gasteiger charge is 2.40. The largest absolute Gasteiger partial charge is 0.491 e. The number of carboxylic acid groups (broad SMARTS) is 1. The molecule has 2 rings (SSSR count). The first-order valence-corrected chi connectivity index (χ1v) is 7.78. The highest BCUT2D eigenvalue weighted by molar-refractivity contribution is 6.32. The third-order valence-corrected chi connectivity index (χ3v) is 4.60. The quantitative estimate of drug-likeness (QED) is 0.876. The second-order valence-electron chi connectivity index (χ2n) is 5.60. The standard InChI is InChI=1S/C16H22ClNO3/c1-2-16(15(19)20)8-5-9-18(12-16)10-11-21-14-7-4-3-6-13(14)17/h3-4,6-7H,2,5,8-12H2,1H3,(H,19,20). The van der Waals surface area contributed by atoms with Crippen molar-refractivity contribution in [1.82, 2.24) is 4.90 Å². The van der Waals surface area contributed by atoms with Gasteiger partial charge in [-0.1, -0.05) is 30.7 Å². The molecule has 0 aromatic heterocycles. The van der Waals surface area contributed by atoms with Gasteiger partial charge in [0.25, 0.3) is 0 Å². The maximum atomic E-state index is 11.5.